The van der Waals surface area contributed by atoms with Gasteiger partial charge in [0.1, 0.15) is 0 Å². The average molecular weight is 347 g/mol. The van der Waals surface area contributed by atoms with E-state index in [9.17, 15) is 13.2 Å². The van der Waals surface area contributed by atoms with E-state index in [1.165, 1.54) is 0 Å². The first-order valence-electron chi connectivity index (χ1n) is 7.82. The summed E-state index contributed by atoms with van der Waals surface area (Å²) in [4.78, 5) is 13.0. The molecular formula is C17H21N3O3S. The Morgan fingerprint density at radius 2 is 1.88 bits per heavy atom. The lowest BCUT2D eigenvalue weighted by Crippen LogP contribution is -2.49. The number of aromatic nitrogens is 1. The summed E-state index contributed by atoms with van der Waals surface area (Å²) in [6.45, 7) is 0. The van der Waals surface area contributed by atoms with Crippen LogP contribution in [-0.4, -0.2) is 60.6 Å². The smallest absolute Gasteiger partial charge is 0.268 e. The van der Waals surface area contributed by atoms with Crippen molar-refractivity contribution in [3.63, 3.8) is 0 Å². The summed E-state index contributed by atoms with van der Waals surface area (Å²) in [5, 5.41) is 3.23. The highest BCUT2D eigenvalue weighted by Crippen LogP contribution is 2.21. The zero-order chi connectivity index (χ0) is 17.3. The predicted octanol–water partition coefficient (Wildman–Crippen LogP) is 1.58. The van der Waals surface area contributed by atoms with Crippen molar-refractivity contribution in [2.45, 2.75) is 12.5 Å². The van der Waals surface area contributed by atoms with Gasteiger partial charge in [-0.05, 0) is 36.8 Å². The van der Waals surface area contributed by atoms with Crippen LogP contribution in [0.15, 0.2) is 48.8 Å². The monoisotopic (exact) mass is 347 g/mol. The van der Waals surface area contributed by atoms with Crippen molar-refractivity contribution in [3.8, 4) is 5.69 Å². The fraction of sp³-hybridized carbons (Fsp3) is 0.353. The fourth-order valence-corrected chi connectivity index (χ4v) is 4.77. The van der Waals surface area contributed by atoms with Crippen molar-refractivity contribution in [2.24, 2.45) is 0 Å². The average Bonchev–Trinajstić information content (AvgIpc) is 3.17. The summed E-state index contributed by atoms with van der Waals surface area (Å²) in [6, 6.07) is 10.9. The maximum absolute atomic E-state index is 13.0. The molecule has 6 nitrogen and oxygen atoms in total. The Bertz CT molecular complexity index is 829. The zero-order valence-corrected chi connectivity index (χ0v) is 14.6. The van der Waals surface area contributed by atoms with Crippen LogP contribution in [-0.2, 0) is 9.84 Å². The second-order valence-electron chi connectivity index (χ2n) is 6.19. The van der Waals surface area contributed by atoms with Crippen LogP contribution in [0.2, 0.25) is 0 Å². The molecule has 0 aliphatic carbocycles. The Labute approximate surface area is 142 Å². The van der Waals surface area contributed by atoms with E-state index in [1.54, 1.807) is 30.2 Å². The van der Waals surface area contributed by atoms with Gasteiger partial charge in [0.05, 0.1) is 17.5 Å². The van der Waals surface area contributed by atoms with Crippen LogP contribution in [0, 0.1) is 0 Å². The molecule has 0 N–H and O–H groups in total. The molecule has 1 fully saturated rings. The second kappa shape index (κ2) is 6.41. The first-order valence-corrected chi connectivity index (χ1v) is 9.64. The van der Waals surface area contributed by atoms with Gasteiger partial charge in [-0.2, -0.15) is 0 Å². The van der Waals surface area contributed by atoms with Gasteiger partial charge in [-0.3, -0.25) is 9.80 Å². The van der Waals surface area contributed by atoms with Crippen LogP contribution >= 0.6 is 0 Å². The summed E-state index contributed by atoms with van der Waals surface area (Å²) in [5.74, 6) is -0.0245. The number of sulfone groups is 1. The second-order valence-corrected chi connectivity index (χ2v) is 8.42. The third kappa shape index (κ3) is 3.37. The highest BCUT2D eigenvalue weighted by Gasteiger charge is 2.36. The molecule has 1 aromatic heterocycles. The molecule has 1 aliphatic rings. The summed E-state index contributed by atoms with van der Waals surface area (Å²) in [5.41, 5.74) is 1.43. The van der Waals surface area contributed by atoms with Gasteiger partial charge in [-0.15, -0.1) is 0 Å². The van der Waals surface area contributed by atoms with E-state index >= 15 is 0 Å². The Morgan fingerprint density at radius 3 is 2.46 bits per heavy atom. The fourth-order valence-electron chi connectivity index (χ4n) is 3.08. The summed E-state index contributed by atoms with van der Waals surface area (Å²) in [6.07, 6.45) is 4.30. The highest BCUT2D eigenvalue weighted by molar-refractivity contribution is 7.91. The minimum Gasteiger partial charge on any atom is -0.324 e. The van der Waals surface area contributed by atoms with Gasteiger partial charge in [0.2, 0.25) is 0 Å². The quantitative estimate of drug-likeness (QED) is 0.788. The molecule has 3 rings (SSSR count). The van der Waals surface area contributed by atoms with Gasteiger partial charge in [0, 0.05) is 37.7 Å². The maximum atomic E-state index is 13.0. The Kier molecular flexibility index (Phi) is 4.47. The number of hydrogen-bond donors (Lipinski definition) is 0. The molecule has 2 aromatic rings. The third-order valence-electron chi connectivity index (χ3n) is 4.19. The number of hydrogen-bond acceptors (Lipinski definition) is 4. The number of hydrazine groups is 1. The molecule has 1 atom stereocenters. The molecule has 0 bridgehead atoms. The molecule has 128 valence electrons. The molecule has 0 unspecified atom stereocenters. The number of amides is 1. The SMILES string of the molecule is CN(C)N(C(=O)c1cccc(-n2cccc2)c1)[C@@H]1CCS(=O)(=O)C1. The number of benzene rings is 1. The minimum absolute atomic E-state index is 0.0220. The summed E-state index contributed by atoms with van der Waals surface area (Å²) >= 11 is 0. The lowest BCUT2D eigenvalue weighted by Gasteiger charge is -2.33. The molecular weight excluding hydrogens is 326 g/mol. The van der Waals surface area contributed by atoms with E-state index in [0.29, 0.717) is 12.0 Å². The molecule has 1 amide bonds. The summed E-state index contributed by atoms with van der Waals surface area (Å²) < 4.78 is 25.5. The first kappa shape index (κ1) is 16.7. The van der Waals surface area contributed by atoms with E-state index in [0.717, 1.165) is 5.69 Å². The summed E-state index contributed by atoms with van der Waals surface area (Å²) in [7, 11) is 0.467. The molecule has 1 aliphatic heterocycles. The molecule has 0 radical (unpaired) electrons. The minimum atomic E-state index is -3.06. The van der Waals surface area contributed by atoms with E-state index in [2.05, 4.69) is 0 Å². The van der Waals surface area contributed by atoms with Gasteiger partial charge >= 0.3 is 0 Å². The molecule has 1 aromatic carbocycles. The van der Waals surface area contributed by atoms with Crippen molar-refractivity contribution >= 4 is 15.7 Å². The normalized spacial score (nSPS) is 19.5. The van der Waals surface area contributed by atoms with Crippen LogP contribution < -0.4 is 0 Å². The van der Waals surface area contributed by atoms with Crippen molar-refractivity contribution in [1.82, 2.24) is 14.6 Å². The Morgan fingerprint density at radius 1 is 1.17 bits per heavy atom. The van der Waals surface area contributed by atoms with Gasteiger partial charge in [-0.25, -0.2) is 13.4 Å². The van der Waals surface area contributed by atoms with Crippen LogP contribution in [0.4, 0.5) is 0 Å². The topological polar surface area (TPSA) is 62.6 Å². The van der Waals surface area contributed by atoms with E-state index < -0.39 is 9.84 Å². The Balaban J connectivity index is 1.90. The van der Waals surface area contributed by atoms with E-state index in [-0.39, 0.29) is 23.5 Å². The van der Waals surface area contributed by atoms with Crippen molar-refractivity contribution in [2.75, 3.05) is 25.6 Å². The van der Waals surface area contributed by atoms with Crippen LogP contribution in [0.25, 0.3) is 5.69 Å². The molecule has 2 heterocycles. The standard InChI is InChI=1S/C17H21N3O3S/c1-18(2)20(16-8-11-24(22,23)13-16)17(21)14-6-5-7-15(12-14)19-9-3-4-10-19/h3-7,9-10,12,16H,8,11,13H2,1-2H3/t16-/m1/s1. The lowest BCUT2D eigenvalue weighted by molar-refractivity contribution is 0.00101. The van der Waals surface area contributed by atoms with E-state index in [1.807, 2.05) is 47.3 Å². The maximum Gasteiger partial charge on any atom is 0.268 e. The number of carbonyl (C=O) groups excluding carboxylic acids is 1. The van der Waals surface area contributed by atoms with Crippen LogP contribution in [0.1, 0.15) is 16.8 Å². The predicted molar refractivity (Wildman–Crippen MR) is 92.7 cm³/mol. The van der Waals surface area contributed by atoms with Gasteiger partial charge in [0.25, 0.3) is 5.91 Å². The van der Waals surface area contributed by atoms with Gasteiger partial charge in [-0.1, -0.05) is 6.07 Å². The lowest BCUT2D eigenvalue weighted by atomic mass is 10.1. The molecule has 0 spiro atoms. The van der Waals surface area contributed by atoms with Gasteiger partial charge < -0.3 is 4.57 Å². The highest BCUT2D eigenvalue weighted by atomic mass is 32.2. The van der Waals surface area contributed by atoms with Crippen LogP contribution in [0.5, 0.6) is 0 Å². The number of rotatable bonds is 4. The number of carbonyl (C=O) groups is 1. The van der Waals surface area contributed by atoms with Crippen molar-refractivity contribution < 1.29 is 13.2 Å². The third-order valence-corrected chi connectivity index (χ3v) is 5.94. The molecule has 7 heteroatoms. The van der Waals surface area contributed by atoms with Crippen LogP contribution in [0.3, 0.4) is 0 Å². The Hall–Kier alpha value is -2.12. The molecule has 24 heavy (non-hydrogen) atoms. The van der Waals surface area contributed by atoms with Crippen molar-refractivity contribution in [1.29, 1.82) is 0 Å². The van der Waals surface area contributed by atoms with E-state index in [4.69, 9.17) is 0 Å². The largest absolute Gasteiger partial charge is 0.324 e. The zero-order valence-electron chi connectivity index (χ0n) is 13.8. The molecule has 1 saturated heterocycles. The van der Waals surface area contributed by atoms with Crippen molar-refractivity contribution in [3.05, 3.63) is 54.4 Å². The van der Waals surface area contributed by atoms with Gasteiger partial charge in [0.15, 0.2) is 9.84 Å². The number of nitrogens with zero attached hydrogens (tertiary/aromatic N) is 3. The molecule has 0 saturated carbocycles. The first-order chi connectivity index (χ1) is 11.4.